The molecule has 0 amide bonds. The molecule has 0 aliphatic carbocycles. The van der Waals surface area contributed by atoms with Crippen LogP contribution in [0.3, 0.4) is 0 Å². The minimum Gasteiger partial charge on any atom is -0.313 e. The largest absolute Gasteiger partial charge is 0.313 e. The fourth-order valence-electron chi connectivity index (χ4n) is 2.17. The molecule has 0 heterocycles. The molecule has 2 rings (SSSR count). The summed E-state index contributed by atoms with van der Waals surface area (Å²) in [7, 11) is 0. The first kappa shape index (κ1) is 16.7. The Morgan fingerprint density at radius 3 is 2.29 bits per heavy atom. The Labute approximate surface area is 141 Å². The predicted molar refractivity (Wildman–Crippen MR) is 94.8 cm³/mol. The lowest BCUT2D eigenvalue weighted by Crippen LogP contribution is -2.33. The van der Waals surface area contributed by atoms with Gasteiger partial charge in [-0.25, -0.2) is 0 Å². The zero-order chi connectivity index (χ0) is 15.1. The third-order valence-electron chi connectivity index (χ3n) is 3.20. The summed E-state index contributed by atoms with van der Waals surface area (Å²) < 4.78 is 0. The van der Waals surface area contributed by atoms with Crippen molar-refractivity contribution in [3.05, 3.63) is 64.1 Å². The van der Waals surface area contributed by atoms with E-state index in [9.17, 15) is 0 Å². The van der Waals surface area contributed by atoms with Gasteiger partial charge in [0.1, 0.15) is 0 Å². The highest BCUT2D eigenvalue weighted by Gasteiger charge is 2.13. The van der Waals surface area contributed by atoms with Gasteiger partial charge in [-0.15, -0.1) is 11.8 Å². The smallest absolute Gasteiger partial charge is 0.0453 e. The van der Waals surface area contributed by atoms with E-state index >= 15 is 0 Å². The molecule has 0 aliphatic rings. The maximum Gasteiger partial charge on any atom is 0.0453 e. The number of nitrogens with one attached hydrogen (secondary N) is 1. The summed E-state index contributed by atoms with van der Waals surface area (Å²) in [5.74, 6) is 0.986. The van der Waals surface area contributed by atoms with Gasteiger partial charge in [0.15, 0.2) is 0 Å². The molecule has 2 aromatic rings. The van der Waals surface area contributed by atoms with Gasteiger partial charge >= 0.3 is 0 Å². The first-order chi connectivity index (χ1) is 10.2. The molecule has 0 saturated heterocycles. The van der Waals surface area contributed by atoms with Crippen LogP contribution in [0.15, 0.2) is 53.4 Å². The summed E-state index contributed by atoms with van der Waals surface area (Å²) in [5, 5.41) is 5.01. The number of likely N-dealkylation sites (N-methyl/N-ethyl adjacent to an activating group) is 1. The highest BCUT2D eigenvalue weighted by Crippen LogP contribution is 2.27. The van der Waals surface area contributed by atoms with Crippen molar-refractivity contribution in [3.63, 3.8) is 0 Å². The summed E-state index contributed by atoms with van der Waals surface area (Å²) in [6.07, 6.45) is 0.839. The van der Waals surface area contributed by atoms with E-state index in [1.54, 1.807) is 0 Å². The molecule has 4 heteroatoms. The monoisotopic (exact) mass is 339 g/mol. The Kier molecular flexibility index (Phi) is 6.91. The normalized spacial score (nSPS) is 12.3. The quantitative estimate of drug-likeness (QED) is 0.686. The standard InChI is InChI=1S/C17H19Cl2NS/c1-2-20-13(12-21-14-7-4-3-5-8-14)11-15-16(18)9-6-10-17(15)19/h3-10,13,20H,2,11-12H2,1H3. The number of benzene rings is 2. The summed E-state index contributed by atoms with van der Waals surface area (Å²) in [6, 6.07) is 16.5. The van der Waals surface area contributed by atoms with Gasteiger partial charge in [-0.05, 0) is 42.8 Å². The maximum absolute atomic E-state index is 6.27. The Bertz CT molecular complexity index is 540. The van der Waals surface area contributed by atoms with Gasteiger partial charge in [-0.3, -0.25) is 0 Å². The summed E-state index contributed by atoms with van der Waals surface area (Å²) in [6.45, 7) is 3.05. The molecule has 0 fully saturated rings. The van der Waals surface area contributed by atoms with Crippen LogP contribution in [0.4, 0.5) is 0 Å². The highest BCUT2D eigenvalue weighted by molar-refractivity contribution is 7.99. The van der Waals surface area contributed by atoms with Crippen molar-refractivity contribution in [1.82, 2.24) is 5.32 Å². The number of rotatable bonds is 7. The molecule has 0 spiro atoms. The molecule has 1 atom stereocenters. The minimum atomic E-state index is 0.345. The molecule has 0 saturated carbocycles. The van der Waals surface area contributed by atoms with Gasteiger partial charge in [0.05, 0.1) is 0 Å². The second-order valence-electron chi connectivity index (χ2n) is 4.78. The van der Waals surface area contributed by atoms with E-state index in [2.05, 4.69) is 36.5 Å². The number of halogens is 2. The van der Waals surface area contributed by atoms with Crippen LogP contribution in [0.1, 0.15) is 12.5 Å². The molecule has 0 aliphatic heterocycles. The van der Waals surface area contributed by atoms with Crippen LogP contribution in [-0.4, -0.2) is 18.3 Å². The lowest BCUT2D eigenvalue weighted by Gasteiger charge is -2.19. The second kappa shape index (κ2) is 8.70. The average molecular weight is 340 g/mol. The zero-order valence-electron chi connectivity index (χ0n) is 12.0. The summed E-state index contributed by atoms with van der Waals surface area (Å²) >= 11 is 14.4. The van der Waals surface area contributed by atoms with Crippen LogP contribution < -0.4 is 5.32 Å². The van der Waals surface area contributed by atoms with Crippen molar-refractivity contribution < 1.29 is 0 Å². The maximum atomic E-state index is 6.27. The SMILES string of the molecule is CCNC(CSc1ccccc1)Cc1c(Cl)cccc1Cl. The number of hydrogen-bond acceptors (Lipinski definition) is 2. The third kappa shape index (κ3) is 5.23. The molecule has 1 nitrogen and oxygen atoms in total. The van der Waals surface area contributed by atoms with Crippen LogP contribution in [0.5, 0.6) is 0 Å². The van der Waals surface area contributed by atoms with Gasteiger partial charge in [-0.1, -0.05) is 54.4 Å². The Balaban J connectivity index is 2.02. The first-order valence-electron chi connectivity index (χ1n) is 7.04. The van der Waals surface area contributed by atoms with E-state index < -0.39 is 0 Å². The topological polar surface area (TPSA) is 12.0 Å². The van der Waals surface area contributed by atoms with Crippen molar-refractivity contribution in [2.75, 3.05) is 12.3 Å². The molecule has 1 N–H and O–H groups in total. The van der Waals surface area contributed by atoms with Crippen molar-refractivity contribution in [2.45, 2.75) is 24.3 Å². The van der Waals surface area contributed by atoms with Crippen molar-refractivity contribution in [2.24, 2.45) is 0 Å². The highest BCUT2D eigenvalue weighted by atomic mass is 35.5. The van der Waals surface area contributed by atoms with E-state index in [1.165, 1.54) is 4.90 Å². The number of hydrogen-bond donors (Lipinski definition) is 1. The van der Waals surface area contributed by atoms with Gasteiger partial charge in [0.2, 0.25) is 0 Å². The molecule has 0 aromatic heterocycles. The fraction of sp³-hybridized carbons (Fsp3) is 0.294. The van der Waals surface area contributed by atoms with Crippen molar-refractivity contribution in [1.29, 1.82) is 0 Å². The molecule has 1 unspecified atom stereocenters. The van der Waals surface area contributed by atoms with Gasteiger partial charge in [0, 0.05) is 26.7 Å². The van der Waals surface area contributed by atoms with E-state index in [0.29, 0.717) is 6.04 Å². The Morgan fingerprint density at radius 2 is 1.67 bits per heavy atom. The lowest BCUT2D eigenvalue weighted by atomic mass is 10.1. The molecular formula is C17H19Cl2NS. The van der Waals surface area contributed by atoms with Gasteiger partial charge < -0.3 is 5.32 Å². The van der Waals surface area contributed by atoms with Crippen molar-refractivity contribution in [3.8, 4) is 0 Å². The van der Waals surface area contributed by atoms with E-state index in [4.69, 9.17) is 23.2 Å². The van der Waals surface area contributed by atoms with Crippen LogP contribution >= 0.6 is 35.0 Å². The predicted octanol–water partition coefficient (Wildman–Crippen LogP) is 5.31. The van der Waals surface area contributed by atoms with Crippen LogP contribution in [-0.2, 0) is 6.42 Å². The lowest BCUT2D eigenvalue weighted by molar-refractivity contribution is 0.573. The van der Waals surface area contributed by atoms with Crippen LogP contribution in [0, 0.1) is 0 Å². The molecule has 21 heavy (non-hydrogen) atoms. The Morgan fingerprint density at radius 1 is 1.00 bits per heavy atom. The number of thioether (sulfide) groups is 1. The summed E-state index contributed by atoms with van der Waals surface area (Å²) in [4.78, 5) is 1.28. The molecule has 0 bridgehead atoms. The van der Waals surface area contributed by atoms with Crippen LogP contribution in [0.2, 0.25) is 10.0 Å². The molecular weight excluding hydrogens is 321 g/mol. The van der Waals surface area contributed by atoms with Gasteiger partial charge in [-0.2, -0.15) is 0 Å². The molecule has 0 radical (unpaired) electrons. The minimum absolute atomic E-state index is 0.345. The second-order valence-corrected chi connectivity index (χ2v) is 6.69. The van der Waals surface area contributed by atoms with Crippen LogP contribution in [0.25, 0.3) is 0 Å². The fourth-order valence-corrected chi connectivity index (χ4v) is 3.70. The first-order valence-corrected chi connectivity index (χ1v) is 8.79. The molecule has 112 valence electrons. The van der Waals surface area contributed by atoms with E-state index in [-0.39, 0.29) is 0 Å². The third-order valence-corrected chi connectivity index (χ3v) is 5.08. The summed E-state index contributed by atoms with van der Waals surface area (Å²) in [5.41, 5.74) is 1.03. The van der Waals surface area contributed by atoms with E-state index in [1.807, 2.05) is 36.0 Å². The average Bonchev–Trinajstić information content (AvgIpc) is 2.49. The van der Waals surface area contributed by atoms with Gasteiger partial charge in [0.25, 0.3) is 0 Å². The molecule has 2 aromatic carbocycles. The zero-order valence-corrected chi connectivity index (χ0v) is 14.3. The Hall–Kier alpha value is -0.670. The van der Waals surface area contributed by atoms with Crippen molar-refractivity contribution >= 4 is 35.0 Å². The van der Waals surface area contributed by atoms with E-state index in [0.717, 1.165) is 34.3 Å².